The molecule has 7 rings (SSSR count). The van der Waals surface area contributed by atoms with Crippen LogP contribution >= 0.6 is 0 Å². The molecule has 0 N–H and O–H groups in total. The van der Waals surface area contributed by atoms with Crippen LogP contribution in [0.15, 0.2) is 30.6 Å². The highest BCUT2D eigenvalue weighted by molar-refractivity contribution is 6.00. The zero-order valence-electron chi connectivity index (χ0n) is 18.6. The summed E-state index contributed by atoms with van der Waals surface area (Å²) in [5.41, 5.74) is 3.95. The van der Waals surface area contributed by atoms with Crippen molar-refractivity contribution < 1.29 is 14.2 Å². The lowest BCUT2D eigenvalue weighted by Crippen LogP contribution is -2.71. The molecule has 0 bridgehead atoms. The van der Waals surface area contributed by atoms with Crippen molar-refractivity contribution in [2.24, 2.45) is 0 Å². The van der Waals surface area contributed by atoms with Gasteiger partial charge in [-0.2, -0.15) is 5.10 Å². The summed E-state index contributed by atoms with van der Waals surface area (Å²) in [6.07, 6.45) is 7.27. The Balaban J connectivity index is 1.37. The average molecular weight is 449 g/mol. The second-order valence-corrected chi connectivity index (χ2v) is 9.23. The van der Waals surface area contributed by atoms with E-state index in [4.69, 9.17) is 24.2 Å². The largest absolute Gasteiger partial charge is 0.378 e. The molecule has 0 amide bonds. The Morgan fingerprint density at radius 3 is 2.70 bits per heavy atom. The molecule has 0 radical (unpaired) electrons. The zero-order valence-corrected chi connectivity index (χ0v) is 18.6. The Morgan fingerprint density at radius 1 is 1.00 bits per heavy atom. The van der Waals surface area contributed by atoms with E-state index in [0.29, 0.717) is 12.1 Å². The van der Waals surface area contributed by atoms with Gasteiger partial charge in [0.1, 0.15) is 17.0 Å². The number of ether oxygens (including phenoxy) is 3. The normalized spacial score (nSPS) is 27.2. The third-order valence-corrected chi connectivity index (χ3v) is 7.37. The number of pyridine rings is 2. The molecule has 3 aromatic rings. The van der Waals surface area contributed by atoms with Crippen molar-refractivity contribution in [2.75, 3.05) is 55.9 Å². The molecule has 172 valence electrons. The maximum absolute atomic E-state index is 6.05. The van der Waals surface area contributed by atoms with Gasteiger partial charge in [-0.05, 0) is 31.4 Å². The van der Waals surface area contributed by atoms with Crippen LogP contribution in [0.5, 0.6) is 0 Å². The van der Waals surface area contributed by atoms with Gasteiger partial charge in [0.25, 0.3) is 0 Å². The van der Waals surface area contributed by atoms with Crippen LogP contribution in [0.1, 0.15) is 25.5 Å². The summed E-state index contributed by atoms with van der Waals surface area (Å²) >= 11 is 0. The van der Waals surface area contributed by atoms with E-state index in [1.807, 2.05) is 23.1 Å². The van der Waals surface area contributed by atoms with E-state index in [2.05, 4.69) is 27.0 Å². The number of nitrogens with zero attached hydrogens (tertiary/aromatic N) is 6. The molecule has 9 heteroatoms. The summed E-state index contributed by atoms with van der Waals surface area (Å²) in [5.74, 6) is 0.985. The van der Waals surface area contributed by atoms with Gasteiger partial charge in [0.15, 0.2) is 6.23 Å². The predicted molar refractivity (Wildman–Crippen MR) is 124 cm³/mol. The zero-order chi connectivity index (χ0) is 21.8. The minimum atomic E-state index is -0.0500. The Bertz CT molecular complexity index is 1170. The average Bonchev–Trinajstić information content (AvgIpc) is 3.35. The highest BCUT2D eigenvalue weighted by atomic mass is 16.5. The van der Waals surface area contributed by atoms with Crippen LogP contribution < -0.4 is 9.80 Å². The van der Waals surface area contributed by atoms with Gasteiger partial charge < -0.3 is 24.0 Å². The van der Waals surface area contributed by atoms with Crippen LogP contribution in [0, 0.1) is 0 Å². The fourth-order valence-electron chi connectivity index (χ4n) is 5.40. The van der Waals surface area contributed by atoms with Crippen LogP contribution in [0.4, 0.5) is 11.5 Å². The Kier molecular flexibility index (Phi) is 4.73. The molecule has 9 nitrogen and oxygen atoms in total. The second kappa shape index (κ2) is 7.93. The topological polar surface area (TPSA) is 77.8 Å². The smallest absolute Gasteiger partial charge is 0.150 e. The SMILES string of the molecule is c1cc2c(N3CC4OC[C@H]43)cc(N3CCOCC3)nc2c(-c2ccnn2C2CCCCO2)n1. The Labute approximate surface area is 192 Å². The summed E-state index contributed by atoms with van der Waals surface area (Å²) < 4.78 is 19.3. The highest BCUT2D eigenvalue weighted by Gasteiger charge is 2.48. The first kappa shape index (κ1) is 19.7. The Morgan fingerprint density at radius 2 is 1.94 bits per heavy atom. The molecule has 4 fully saturated rings. The molecule has 4 saturated heterocycles. The van der Waals surface area contributed by atoms with Crippen molar-refractivity contribution in [3.63, 3.8) is 0 Å². The van der Waals surface area contributed by atoms with Gasteiger partial charge in [0.05, 0.1) is 43.3 Å². The lowest BCUT2D eigenvalue weighted by Gasteiger charge is -2.56. The van der Waals surface area contributed by atoms with Gasteiger partial charge in [-0.15, -0.1) is 0 Å². The number of hydrogen-bond acceptors (Lipinski definition) is 8. The first-order valence-electron chi connectivity index (χ1n) is 12.0. The number of rotatable bonds is 4. The summed E-state index contributed by atoms with van der Waals surface area (Å²) in [4.78, 5) is 14.8. The quantitative estimate of drug-likeness (QED) is 0.603. The fraction of sp³-hybridized carbons (Fsp3) is 0.542. The molecule has 2 unspecified atom stereocenters. The van der Waals surface area contributed by atoms with Crippen LogP contribution in [0.3, 0.4) is 0 Å². The first-order valence-corrected chi connectivity index (χ1v) is 12.0. The van der Waals surface area contributed by atoms with E-state index < -0.39 is 0 Å². The molecular formula is C24H28N6O3. The molecule has 4 aliphatic heterocycles. The summed E-state index contributed by atoms with van der Waals surface area (Å²) in [6, 6.07) is 6.83. The van der Waals surface area contributed by atoms with Crippen LogP contribution in [-0.2, 0) is 14.2 Å². The monoisotopic (exact) mass is 448 g/mol. The van der Waals surface area contributed by atoms with Gasteiger partial charge in [0.2, 0.25) is 0 Å². The van der Waals surface area contributed by atoms with E-state index in [0.717, 1.165) is 93.4 Å². The van der Waals surface area contributed by atoms with Gasteiger partial charge in [-0.25, -0.2) is 9.67 Å². The number of fused-ring (bicyclic) bond motifs is 2. The number of morpholine rings is 2. The third kappa shape index (κ3) is 3.21. The number of hydrogen-bond donors (Lipinski definition) is 0. The van der Waals surface area contributed by atoms with Crippen molar-refractivity contribution in [1.29, 1.82) is 0 Å². The van der Waals surface area contributed by atoms with Crippen molar-refractivity contribution in [2.45, 2.75) is 37.6 Å². The molecule has 0 aliphatic carbocycles. The van der Waals surface area contributed by atoms with E-state index in [9.17, 15) is 0 Å². The van der Waals surface area contributed by atoms with Gasteiger partial charge >= 0.3 is 0 Å². The van der Waals surface area contributed by atoms with Crippen LogP contribution in [0.2, 0.25) is 0 Å². The third-order valence-electron chi connectivity index (χ3n) is 7.37. The maximum atomic E-state index is 6.05. The molecule has 7 heterocycles. The lowest BCUT2D eigenvalue weighted by molar-refractivity contribution is -0.113. The van der Waals surface area contributed by atoms with Crippen molar-refractivity contribution >= 4 is 22.4 Å². The minimum Gasteiger partial charge on any atom is -0.378 e. The minimum absolute atomic E-state index is 0.0500. The highest BCUT2D eigenvalue weighted by Crippen LogP contribution is 2.42. The molecule has 33 heavy (non-hydrogen) atoms. The maximum Gasteiger partial charge on any atom is 0.150 e. The van der Waals surface area contributed by atoms with Crippen molar-refractivity contribution in [3.8, 4) is 11.4 Å². The standard InChI is InChI=1S/C24H28N6O3/c1-2-10-32-22(3-1)30-17(5-7-26-30)24-23-16(4-6-25-24)18(29-14-20-19(29)15-33-20)13-21(27-23)28-8-11-31-12-9-28/h4-7,13,19-20,22H,1-3,8-12,14-15H2/t19-,20?,22?/m1/s1. The van der Waals surface area contributed by atoms with Gasteiger partial charge in [-0.3, -0.25) is 4.98 Å². The summed E-state index contributed by atoms with van der Waals surface area (Å²) in [5, 5.41) is 5.75. The molecular weight excluding hydrogens is 420 g/mol. The summed E-state index contributed by atoms with van der Waals surface area (Å²) in [7, 11) is 0. The predicted octanol–water partition coefficient (Wildman–Crippen LogP) is 2.62. The molecule has 0 aromatic carbocycles. The second-order valence-electron chi connectivity index (χ2n) is 9.23. The number of aromatic nitrogens is 4. The van der Waals surface area contributed by atoms with Gasteiger partial charge in [0, 0.05) is 50.1 Å². The number of anilines is 2. The molecule has 3 aromatic heterocycles. The van der Waals surface area contributed by atoms with Crippen molar-refractivity contribution in [3.05, 3.63) is 30.6 Å². The Hall–Kier alpha value is -2.75. The fourth-order valence-corrected chi connectivity index (χ4v) is 5.40. The first-order chi connectivity index (χ1) is 16.4. The van der Waals surface area contributed by atoms with E-state index in [1.54, 1.807) is 0 Å². The van der Waals surface area contributed by atoms with Gasteiger partial charge in [-0.1, -0.05) is 0 Å². The van der Waals surface area contributed by atoms with E-state index in [1.165, 1.54) is 5.69 Å². The van der Waals surface area contributed by atoms with Crippen molar-refractivity contribution in [1.82, 2.24) is 19.7 Å². The van der Waals surface area contributed by atoms with Crippen LogP contribution in [-0.4, -0.2) is 78.0 Å². The molecule has 0 saturated carbocycles. The summed E-state index contributed by atoms with van der Waals surface area (Å²) in [6.45, 7) is 5.64. The molecule has 3 atom stereocenters. The van der Waals surface area contributed by atoms with E-state index in [-0.39, 0.29) is 6.23 Å². The molecule has 4 aliphatic rings. The van der Waals surface area contributed by atoms with Crippen LogP contribution in [0.25, 0.3) is 22.3 Å². The molecule has 0 spiro atoms. The van der Waals surface area contributed by atoms with E-state index >= 15 is 0 Å². The lowest BCUT2D eigenvalue weighted by atomic mass is 9.93.